The van der Waals surface area contributed by atoms with E-state index in [1.807, 2.05) is 50.2 Å². The van der Waals surface area contributed by atoms with Gasteiger partial charge in [0.25, 0.3) is 0 Å². The number of methoxy groups -OCH3 is 1. The van der Waals surface area contributed by atoms with Gasteiger partial charge in [0.05, 0.1) is 12.9 Å². The average molecular weight is 475 g/mol. The molecule has 10 heteroatoms. The van der Waals surface area contributed by atoms with Crippen molar-refractivity contribution in [3.8, 4) is 5.75 Å². The number of ether oxygens (including phenoxy) is 1. The summed E-state index contributed by atoms with van der Waals surface area (Å²) in [5.74, 6) is 1.28. The van der Waals surface area contributed by atoms with Crippen molar-refractivity contribution in [3.63, 3.8) is 0 Å². The molecule has 0 unspecified atom stereocenters. The Morgan fingerprint density at radius 1 is 1.00 bits per heavy atom. The molecule has 0 aliphatic carbocycles. The first kappa shape index (κ1) is 23.1. The summed E-state index contributed by atoms with van der Waals surface area (Å²) in [6.45, 7) is 3.96. The highest BCUT2D eigenvalue weighted by atomic mass is 32.2. The smallest absolute Gasteiger partial charge is 0.325 e. The fourth-order valence-corrected chi connectivity index (χ4v) is 5.23. The van der Waals surface area contributed by atoms with Gasteiger partial charge in [-0.1, -0.05) is 53.1 Å². The standard InChI is InChI=1S/C21H22N4O3S3/c1-13-4-7-16(10-14(13)2)22-19(27)23-18(26)12-30-21-25-24-20(31-21)29-11-15-5-8-17(28-3)9-6-15/h4-10H,11-12H2,1-3H3,(H2,22,23,26,27). The molecule has 0 saturated carbocycles. The zero-order valence-electron chi connectivity index (χ0n) is 17.3. The summed E-state index contributed by atoms with van der Waals surface area (Å²) in [4.78, 5) is 24.1. The number of benzene rings is 2. The van der Waals surface area contributed by atoms with E-state index in [4.69, 9.17) is 4.74 Å². The molecule has 3 aromatic rings. The number of carbonyl (C=O) groups excluding carboxylic acids is 2. The minimum Gasteiger partial charge on any atom is -0.497 e. The molecule has 3 amide bonds. The van der Waals surface area contributed by atoms with Gasteiger partial charge in [0.1, 0.15) is 5.75 Å². The Kier molecular flexibility index (Phi) is 8.33. The first-order chi connectivity index (χ1) is 14.9. The Bertz CT molecular complexity index is 1050. The third kappa shape index (κ3) is 7.27. The van der Waals surface area contributed by atoms with Crippen molar-refractivity contribution in [2.45, 2.75) is 28.3 Å². The van der Waals surface area contributed by atoms with Gasteiger partial charge in [-0.3, -0.25) is 10.1 Å². The number of thioether (sulfide) groups is 2. The van der Waals surface area contributed by atoms with Crippen LogP contribution in [0.5, 0.6) is 5.75 Å². The topological polar surface area (TPSA) is 93.2 Å². The van der Waals surface area contributed by atoms with Crippen LogP contribution in [0.3, 0.4) is 0 Å². The number of hydrogen-bond acceptors (Lipinski definition) is 8. The number of amides is 3. The molecule has 2 aromatic carbocycles. The van der Waals surface area contributed by atoms with Crippen molar-refractivity contribution in [2.75, 3.05) is 18.2 Å². The van der Waals surface area contributed by atoms with E-state index >= 15 is 0 Å². The summed E-state index contributed by atoms with van der Waals surface area (Å²) in [5, 5.41) is 13.2. The first-order valence-corrected chi connectivity index (χ1v) is 12.1. The fourth-order valence-electron chi connectivity index (χ4n) is 2.45. The lowest BCUT2D eigenvalue weighted by Crippen LogP contribution is -2.35. The number of nitrogens with zero attached hydrogens (tertiary/aromatic N) is 2. The van der Waals surface area contributed by atoms with Gasteiger partial charge in [-0.2, -0.15) is 0 Å². The molecule has 0 aliphatic heterocycles. The van der Waals surface area contributed by atoms with Crippen molar-refractivity contribution in [1.29, 1.82) is 0 Å². The third-order valence-corrected chi connectivity index (χ3v) is 7.51. The van der Waals surface area contributed by atoms with Crippen LogP contribution in [0.15, 0.2) is 51.1 Å². The SMILES string of the molecule is COc1ccc(CSc2nnc(SCC(=O)NC(=O)Nc3ccc(C)c(C)c3)s2)cc1. The monoisotopic (exact) mass is 474 g/mol. The predicted octanol–water partition coefficient (Wildman–Crippen LogP) is 4.90. The summed E-state index contributed by atoms with van der Waals surface area (Å²) < 4.78 is 6.66. The second-order valence-electron chi connectivity index (χ2n) is 6.56. The van der Waals surface area contributed by atoms with Crippen LogP contribution in [0.2, 0.25) is 0 Å². The van der Waals surface area contributed by atoms with Crippen LogP contribution in [-0.2, 0) is 10.5 Å². The molecular formula is C21H22N4O3S3. The predicted molar refractivity (Wildman–Crippen MR) is 126 cm³/mol. The Labute approximate surface area is 193 Å². The van der Waals surface area contributed by atoms with Crippen LogP contribution in [0.4, 0.5) is 10.5 Å². The zero-order valence-corrected chi connectivity index (χ0v) is 19.7. The molecule has 31 heavy (non-hydrogen) atoms. The molecular weight excluding hydrogens is 452 g/mol. The largest absolute Gasteiger partial charge is 0.497 e. The van der Waals surface area contributed by atoms with E-state index in [9.17, 15) is 9.59 Å². The number of imide groups is 1. The number of aryl methyl sites for hydroxylation is 2. The van der Waals surface area contributed by atoms with E-state index in [0.717, 1.165) is 32.5 Å². The lowest BCUT2D eigenvalue weighted by atomic mass is 10.1. The van der Waals surface area contributed by atoms with Gasteiger partial charge >= 0.3 is 6.03 Å². The lowest BCUT2D eigenvalue weighted by Gasteiger charge is -2.08. The van der Waals surface area contributed by atoms with Gasteiger partial charge < -0.3 is 10.1 Å². The number of rotatable bonds is 8. The molecule has 162 valence electrons. The minimum atomic E-state index is -0.554. The summed E-state index contributed by atoms with van der Waals surface area (Å²) in [6.07, 6.45) is 0. The maximum Gasteiger partial charge on any atom is 0.325 e. The van der Waals surface area contributed by atoms with E-state index in [0.29, 0.717) is 10.0 Å². The Morgan fingerprint density at radius 2 is 1.71 bits per heavy atom. The number of urea groups is 1. The first-order valence-electron chi connectivity index (χ1n) is 9.33. The molecule has 7 nitrogen and oxygen atoms in total. The Balaban J connectivity index is 1.41. The molecule has 2 N–H and O–H groups in total. The number of anilines is 1. The van der Waals surface area contributed by atoms with Gasteiger partial charge in [0.2, 0.25) is 5.91 Å². The van der Waals surface area contributed by atoms with Crippen LogP contribution in [0.25, 0.3) is 0 Å². The number of nitrogens with one attached hydrogen (secondary N) is 2. The van der Waals surface area contributed by atoms with E-state index < -0.39 is 11.9 Å². The number of aromatic nitrogens is 2. The second-order valence-corrected chi connectivity index (χ2v) is 9.98. The molecule has 0 fully saturated rings. The summed E-state index contributed by atoms with van der Waals surface area (Å²) >= 11 is 4.26. The number of carbonyl (C=O) groups is 2. The minimum absolute atomic E-state index is 0.0815. The maximum absolute atomic E-state index is 12.1. The van der Waals surface area contributed by atoms with Gasteiger partial charge in [-0.05, 0) is 54.8 Å². The van der Waals surface area contributed by atoms with Gasteiger partial charge in [-0.25, -0.2) is 4.79 Å². The second kappa shape index (κ2) is 11.2. The van der Waals surface area contributed by atoms with Crippen molar-refractivity contribution < 1.29 is 14.3 Å². The molecule has 3 rings (SSSR count). The number of hydrogen-bond donors (Lipinski definition) is 2. The average Bonchev–Trinajstić information content (AvgIpc) is 3.21. The summed E-state index contributed by atoms with van der Waals surface area (Å²) in [7, 11) is 1.64. The Morgan fingerprint density at radius 3 is 2.39 bits per heavy atom. The Hall–Kier alpha value is -2.56. The van der Waals surface area contributed by atoms with Gasteiger partial charge in [0.15, 0.2) is 8.68 Å². The fraction of sp³-hybridized carbons (Fsp3) is 0.238. The van der Waals surface area contributed by atoms with E-state index in [1.165, 1.54) is 23.1 Å². The van der Waals surface area contributed by atoms with Crippen molar-refractivity contribution in [1.82, 2.24) is 15.5 Å². The molecule has 1 heterocycles. The van der Waals surface area contributed by atoms with E-state index in [1.54, 1.807) is 24.9 Å². The van der Waals surface area contributed by atoms with Crippen molar-refractivity contribution >= 4 is 52.5 Å². The van der Waals surface area contributed by atoms with Crippen LogP contribution >= 0.6 is 34.9 Å². The molecule has 0 radical (unpaired) electrons. The maximum atomic E-state index is 12.1. The highest BCUT2D eigenvalue weighted by Crippen LogP contribution is 2.31. The molecule has 0 saturated heterocycles. The highest BCUT2D eigenvalue weighted by Gasteiger charge is 2.12. The van der Waals surface area contributed by atoms with Gasteiger partial charge in [-0.15, -0.1) is 10.2 Å². The van der Waals surface area contributed by atoms with Crippen molar-refractivity contribution in [2.24, 2.45) is 0 Å². The molecule has 1 aromatic heterocycles. The third-order valence-electron chi connectivity index (χ3n) is 4.25. The molecule has 0 spiro atoms. The zero-order chi connectivity index (χ0) is 22.2. The van der Waals surface area contributed by atoms with E-state index in [-0.39, 0.29) is 5.75 Å². The van der Waals surface area contributed by atoms with E-state index in [2.05, 4.69) is 20.8 Å². The molecule has 0 atom stereocenters. The van der Waals surface area contributed by atoms with Crippen LogP contribution in [0, 0.1) is 13.8 Å². The van der Waals surface area contributed by atoms with Crippen LogP contribution < -0.4 is 15.4 Å². The normalized spacial score (nSPS) is 10.5. The highest BCUT2D eigenvalue weighted by molar-refractivity contribution is 8.03. The summed E-state index contributed by atoms with van der Waals surface area (Å²) in [6, 6.07) is 12.9. The quantitative estimate of drug-likeness (QED) is 0.449. The lowest BCUT2D eigenvalue weighted by molar-refractivity contribution is -0.117. The van der Waals surface area contributed by atoms with Gasteiger partial charge in [0, 0.05) is 11.4 Å². The molecule has 0 bridgehead atoms. The molecule has 0 aliphatic rings. The summed E-state index contributed by atoms with van der Waals surface area (Å²) in [5.41, 5.74) is 4.00. The van der Waals surface area contributed by atoms with Crippen LogP contribution in [-0.4, -0.2) is 35.0 Å². The van der Waals surface area contributed by atoms with Crippen molar-refractivity contribution in [3.05, 3.63) is 59.2 Å². The van der Waals surface area contributed by atoms with Crippen LogP contribution in [0.1, 0.15) is 16.7 Å².